The first-order valence-corrected chi connectivity index (χ1v) is 7.73. The highest BCUT2D eigenvalue weighted by Crippen LogP contribution is 2.20. The molecule has 8 heteroatoms. The summed E-state index contributed by atoms with van der Waals surface area (Å²) >= 11 is 0. The number of pyridine rings is 1. The lowest BCUT2D eigenvalue weighted by Crippen LogP contribution is -2.42. The van der Waals surface area contributed by atoms with Crippen LogP contribution in [-0.2, 0) is 16.1 Å². The summed E-state index contributed by atoms with van der Waals surface area (Å²) in [6.07, 6.45) is 2.94. The lowest BCUT2D eigenvalue weighted by atomic mass is 10.2. The fourth-order valence-corrected chi connectivity index (χ4v) is 2.50. The van der Waals surface area contributed by atoms with Crippen molar-refractivity contribution in [2.75, 3.05) is 19.7 Å². The van der Waals surface area contributed by atoms with Crippen LogP contribution in [0.2, 0.25) is 0 Å². The molecule has 2 N–H and O–H groups in total. The van der Waals surface area contributed by atoms with Crippen LogP contribution in [0, 0.1) is 0 Å². The molecule has 1 atom stereocenters. The van der Waals surface area contributed by atoms with Gasteiger partial charge in [-0.2, -0.15) is 0 Å². The van der Waals surface area contributed by atoms with E-state index < -0.39 is 0 Å². The third-order valence-electron chi connectivity index (χ3n) is 3.72. The topological polar surface area (TPSA) is 100 Å². The number of rotatable bonds is 4. The van der Waals surface area contributed by atoms with Crippen molar-refractivity contribution in [2.24, 2.45) is 0 Å². The van der Waals surface area contributed by atoms with Crippen LogP contribution in [0.1, 0.15) is 35.0 Å². The van der Waals surface area contributed by atoms with Gasteiger partial charge < -0.3 is 19.9 Å². The molecule has 0 aliphatic carbocycles. The Morgan fingerprint density at radius 2 is 2.29 bits per heavy atom. The maximum atomic E-state index is 12.5. The number of nitrogens with zero attached hydrogens (tertiary/aromatic N) is 3. The molecule has 2 amide bonds. The summed E-state index contributed by atoms with van der Waals surface area (Å²) in [7, 11) is 0. The lowest BCUT2D eigenvalue weighted by Gasteiger charge is -2.31. The molecule has 0 aromatic carbocycles. The standard InChI is InChI=1S/C16H19N5O3/c1-11(22)18-8-12-9-19-15(20-12)14-10-21(6-7-24-14)16(23)13-4-2-3-5-17-13/h2-5,9,14H,6-8,10H2,1H3,(H,18,22)(H,19,20)/t14-/m1/s1. The molecule has 1 aliphatic heterocycles. The molecule has 0 unspecified atom stereocenters. The molecular formula is C16H19N5O3. The fraction of sp³-hybridized carbons (Fsp3) is 0.375. The summed E-state index contributed by atoms with van der Waals surface area (Å²) in [5.41, 5.74) is 1.21. The van der Waals surface area contributed by atoms with Gasteiger partial charge in [0.25, 0.3) is 5.91 Å². The van der Waals surface area contributed by atoms with E-state index in [1.807, 2.05) is 0 Å². The van der Waals surface area contributed by atoms with Gasteiger partial charge in [-0.3, -0.25) is 14.6 Å². The maximum Gasteiger partial charge on any atom is 0.272 e. The molecule has 3 rings (SSSR count). The second kappa shape index (κ2) is 7.22. The zero-order valence-electron chi connectivity index (χ0n) is 13.4. The maximum absolute atomic E-state index is 12.5. The minimum atomic E-state index is -0.322. The van der Waals surface area contributed by atoms with Gasteiger partial charge in [0.05, 0.1) is 31.6 Å². The van der Waals surface area contributed by atoms with Gasteiger partial charge in [-0.25, -0.2) is 4.98 Å². The summed E-state index contributed by atoms with van der Waals surface area (Å²) in [4.78, 5) is 36.7. The van der Waals surface area contributed by atoms with Crippen molar-refractivity contribution in [3.63, 3.8) is 0 Å². The molecule has 2 aromatic rings. The summed E-state index contributed by atoms with van der Waals surface area (Å²) < 4.78 is 5.72. The van der Waals surface area contributed by atoms with Crippen molar-refractivity contribution in [3.8, 4) is 0 Å². The predicted octanol–water partition coefficient (Wildman–Crippen LogP) is 0.654. The Labute approximate surface area is 139 Å². The molecule has 0 spiro atoms. The molecule has 24 heavy (non-hydrogen) atoms. The largest absolute Gasteiger partial charge is 0.367 e. The molecule has 3 heterocycles. The minimum Gasteiger partial charge on any atom is -0.367 e. The Balaban J connectivity index is 1.65. The van der Waals surface area contributed by atoms with Gasteiger partial charge in [0.1, 0.15) is 17.6 Å². The number of nitrogens with one attached hydrogen (secondary N) is 2. The quantitative estimate of drug-likeness (QED) is 0.858. The normalized spacial score (nSPS) is 17.5. The molecule has 0 bridgehead atoms. The van der Waals surface area contributed by atoms with Crippen LogP contribution >= 0.6 is 0 Å². The van der Waals surface area contributed by atoms with E-state index in [1.165, 1.54) is 6.92 Å². The summed E-state index contributed by atoms with van der Waals surface area (Å²) in [6.45, 7) is 3.20. The SMILES string of the molecule is CC(=O)NCc1cnc([C@H]2CN(C(=O)c3ccccn3)CCO2)[nH]1. The van der Waals surface area contributed by atoms with E-state index in [0.717, 1.165) is 5.69 Å². The zero-order valence-corrected chi connectivity index (χ0v) is 13.4. The third-order valence-corrected chi connectivity index (χ3v) is 3.72. The van der Waals surface area contributed by atoms with Crippen LogP contribution in [0.4, 0.5) is 0 Å². The number of carbonyl (C=O) groups is 2. The first-order valence-electron chi connectivity index (χ1n) is 7.73. The molecule has 1 saturated heterocycles. The monoisotopic (exact) mass is 329 g/mol. The summed E-state index contributed by atoms with van der Waals surface area (Å²) in [5, 5.41) is 2.70. The number of H-pyrrole nitrogens is 1. The molecule has 1 aliphatic rings. The Morgan fingerprint density at radius 1 is 1.42 bits per heavy atom. The molecule has 8 nitrogen and oxygen atoms in total. The highest BCUT2D eigenvalue weighted by Gasteiger charge is 2.28. The van der Waals surface area contributed by atoms with Crippen LogP contribution in [0.15, 0.2) is 30.6 Å². The molecule has 2 aromatic heterocycles. The van der Waals surface area contributed by atoms with Gasteiger partial charge in [0.2, 0.25) is 5.91 Å². The van der Waals surface area contributed by atoms with E-state index >= 15 is 0 Å². The van der Waals surface area contributed by atoms with Gasteiger partial charge in [0, 0.05) is 19.7 Å². The third kappa shape index (κ3) is 3.77. The lowest BCUT2D eigenvalue weighted by molar-refractivity contribution is -0.119. The molecule has 0 saturated carbocycles. The second-order valence-electron chi connectivity index (χ2n) is 5.53. The molecule has 126 valence electrons. The molecule has 1 fully saturated rings. The zero-order chi connectivity index (χ0) is 16.9. The van der Waals surface area contributed by atoms with Crippen LogP contribution in [0.5, 0.6) is 0 Å². The van der Waals surface area contributed by atoms with Crippen LogP contribution < -0.4 is 5.32 Å². The Hall–Kier alpha value is -2.74. The van der Waals surface area contributed by atoms with Gasteiger partial charge >= 0.3 is 0 Å². The first-order chi connectivity index (χ1) is 11.6. The van der Waals surface area contributed by atoms with Gasteiger partial charge in [0.15, 0.2) is 0 Å². The highest BCUT2D eigenvalue weighted by atomic mass is 16.5. The number of hydrogen-bond acceptors (Lipinski definition) is 5. The van der Waals surface area contributed by atoms with Crippen molar-refractivity contribution >= 4 is 11.8 Å². The fourth-order valence-electron chi connectivity index (χ4n) is 2.50. The molecule has 0 radical (unpaired) electrons. The number of aromatic nitrogens is 3. The van der Waals surface area contributed by atoms with Crippen molar-refractivity contribution in [3.05, 3.63) is 47.8 Å². The first kappa shape index (κ1) is 16.1. The summed E-state index contributed by atoms with van der Waals surface area (Å²) in [5.74, 6) is 0.426. The van der Waals surface area contributed by atoms with Crippen LogP contribution in [0.25, 0.3) is 0 Å². The van der Waals surface area contributed by atoms with Crippen molar-refractivity contribution < 1.29 is 14.3 Å². The smallest absolute Gasteiger partial charge is 0.272 e. The van der Waals surface area contributed by atoms with E-state index in [1.54, 1.807) is 35.5 Å². The number of morpholine rings is 1. The number of amides is 2. The van der Waals surface area contributed by atoms with Gasteiger partial charge in [-0.1, -0.05) is 6.07 Å². The van der Waals surface area contributed by atoms with E-state index in [-0.39, 0.29) is 17.9 Å². The van der Waals surface area contributed by atoms with E-state index in [4.69, 9.17) is 4.74 Å². The van der Waals surface area contributed by atoms with E-state index in [2.05, 4.69) is 20.3 Å². The van der Waals surface area contributed by atoms with Gasteiger partial charge in [-0.15, -0.1) is 0 Å². The van der Waals surface area contributed by atoms with Crippen molar-refractivity contribution in [1.82, 2.24) is 25.2 Å². The number of carbonyl (C=O) groups excluding carboxylic acids is 2. The number of hydrogen-bond donors (Lipinski definition) is 2. The van der Waals surface area contributed by atoms with Crippen LogP contribution in [0.3, 0.4) is 0 Å². The second-order valence-corrected chi connectivity index (χ2v) is 5.53. The predicted molar refractivity (Wildman–Crippen MR) is 84.9 cm³/mol. The highest BCUT2D eigenvalue weighted by molar-refractivity contribution is 5.92. The van der Waals surface area contributed by atoms with E-state index in [9.17, 15) is 9.59 Å². The molecular weight excluding hydrogens is 310 g/mol. The summed E-state index contributed by atoms with van der Waals surface area (Å²) in [6, 6.07) is 5.27. The number of ether oxygens (including phenoxy) is 1. The number of aromatic amines is 1. The van der Waals surface area contributed by atoms with Crippen molar-refractivity contribution in [2.45, 2.75) is 19.6 Å². The van der Waals surface area contributed by atoms with Crippen LogP contribution in [-0.4, -0.2) is 51.4 Å². The van der Waals surface area contributed by atoms with Gasteiger partial charge in [-0.05, 0) is 12.1 Å². The minimum absolute atomic E-state index is 0.104. The van der Waals surface area contributed by atoms with Crippen molar-refractivity contribution in [1.29, 1.82) is 0 Å². The average Bonchev–Trinajstić information content (AvgIpc) is 3.09. The Kier molecular flexibility index (Phi) is 4.85. The Morgan fingerprint density at radius 3 is 3.04 bits per heavy atom. The average molecular weight is 329 g/mol. The van der Waals surface area contributed by atoms with E-state index in [0.29, 0.717) is 37.8 Å². The Bertz CT molecular complexity index is 716. The number of imidazole rings is 1.